The van der Waals surface area contributed by atoms with E-state index in [1.807, 2.05) is 18.2 Å². The van der Waals surface area contributed by atoms with Crippen molar-refractivity contribution in [2.45, 2.75) is 20.3 Å². The van der Waals surface area contributed by atoms with Crippen LogP contribution in [0.5, 0.6) is 11.5 Å². The van der Waals surface area contributed by atoms with Gasteiger partial charge in [-0.3, -0.25) is 0 Å². The summed E-state index contributed by atoms with van der Waals surface area (Å²) in [5.41, 5.74) is 1.22. The largest absolute Gasteiger partial charge is 0.497 e. The van der Waals surface area contributed by atoms with Crippen molar-refractivity contribution in [3.63, 3.8) is 0 Å². The lowest BCUT2D eigenvalue weighted by atomic mass is 10.0. The van der Waals surface area contributed by atoms with Crippen molar-refractivity contribution in [1.82, 2.24) is 0 Å². The first-order valence-corrected chi connectivity index (χ1v) is 4.66. The third-order valence-electron chi connectivity index (χ3n) is 1.97. The Labute approximate surface area is 85.8 Å². The Morgan fingerprint density at radius 2 is 1.50 bits per heavy atom. The molecule has 0 heterocycles. The van der Waals surface area contributed by atoms with Crippen LogP contribution in [0.25, 0.3) is 0 Å². The molecule has 0 aliphatic rings. The minimum absolute atomic E-state index is 0.848. The molecule has 0 aliphatic carbocycles. The van der Waals surface area contributed by atoms with Gasteiger partial charge in [-0.1, -0.05) is 13.8 Å². The zero-order valence-electron chi connectivity index (χ0n) is 9.26. The van der Waals surface area contributed by atoms with Crippen LogP contribution in [0.15, 0.2) is 18.2 Å². The summed E-state index contributed by atoms with van der Waals surface area (Å²) in [6.07, 6.45) is 0.966. The fraction of sp³-hybridized carbons (Fsp3) is 0.417. The van der Waals surface area contributed by atoms with Gasteiger partial charge in [0.2, 0.25) is 0 Å². The lowest BCUT2D eigenvalue weighted by molar-refractivity contribution is 0.393. The first-order valence-electron chi connectivity index (χ1n) is 4.66. The highest BCUT2D eigenvalue weighted by molar-refractivity contribution is 5.39. The maximum Gasteiger partial charge on any atom is 0.122 e. The Hall–Kier alpha value is -1.18. The van der Waals surface area contributed by atoms with E-state index >= 15 is 0 Å². The highest BCUT2D eigenvalue weighted by Gasteiger charge is 2.03. The van der Waals surface area contributed by atoms with Gasteiger partial charge in [-0.2, -0.15) is 0 Å². The minimum Gasteiger partial charge on any atom is -0.497 e. The molecule has 0 saturated carbocycles. The van der Waals surface area contributed by atoms with E-state index in [1.165, 1.54) is 11.5 Å². The molecule has 1 aromatic rings. The van der Waals surface area contributed by atoms with E-state index in [-0.39, 0.29) is 0 Å². The van der Waals surface area contributed by atoms with Crippen LogP contribution in [0.2, 0.25) is 0 Å². The van der Waals surface area contributed by atoms with E-state index in [0.717, 1.165) is 17.9 Å². The van der Waals surface area contributed by atoms with Gasteiger partial charge in [-0.05, 0) is 30.0 Å². The molecule has 0 spiro atoms. The van der Waals surface area contributed by atoms with Crippen molar-refractivity contribution >= 4 is 0 Å². The van der Waals surface area contributed by atoms with Crippen molar-refractivity contribution in [1.29, 1.82) is 0 Å². The molecule has 1 radical (unpaired) electrons. The van der Waals surface area contributed by atoms with Gasteiger partial charge in [0, 0.05) is 6.07 Å². The minimum atomic E-state index is 0.848. The van der Waals surface area contributed by atoms with Gasteiger partial charge in [0.1, 0.15) is 11.5 Å². The van der Waals surface area contributed by atoms with E-state index < -0.39 is 0 Å². The molecule has 0 saturated heterocycles. The highest BCUT2D eigenvalue weighted by atomic mass is 16.5. The lowest BCUT2D eigenvalue weighted by Crippen LogP contribution is -1.95. The summed E-state index contributed by atoms with van der Waals surface area (Å²) in [7, 11) is 3.34. The fourth-order valence-corrected chi connectivity index (χ4v) is 1.38. The Bertz CT molecular complexity index is 270. The highest BCUT2D eigenvalue weighted by Crippen LogP contribution is 2.24. The van der Waals surface area contributed by atoms with E-state index in [0.29, 0.717) is 0 Å². The number of hydrogen-bond donors (Lipinski definition) is 0. The second-order valence-electron chi connectivity index (χ2n) is 3.60. The molecule has 0 fully saturated rings. The Kier molecular flexibility index (Phi) is 3.81. The zero-order chi connectivity index (χ0) is 10.6. The predicted octanol–water partition coefficient (Wildman–Crippen LogP) is 2.86. The van der Waals surface area contributed by atoms with Crippen molar-refractivity contribution in [3.8, 4) is 11.5 Å². The summed E-state index contributed by atoms with van der Waals surface area (Å²) in [4.78, 5) is 0. The van der Waals surface area contributed by atoms with Crippen LogP contribution >= 0.6 is 0 Å². The molecule has 0 aliphatic heterocycles. The van der Waals surface area contributed by atoms with Gasteiger partial charge < -0.3 is 9.47 Å². The third-order valence-corrected chi connectivity index (χ3v) is 1.97. The van der Waals surface area contributed by atoms with Crippen LogP contribution in [-0.2, 0) is 6.42 Å². The summed E-state index contributed by atoms with van der Waals surface area (Å²) in [6, 6.07) is 5.96. The molecular formula is C12H17O2. The van der Waals surface area contributed by atoms with Gasteiger partial charge in [0.05, 0.1) is 14.2 Å². The zero-order valence-corrected chi connectivity index (χ0v) is 9.26. The van der Waals surface area contributed by atoms with Crippen molar-refractivity contribution in [2.24, 2.45) is 0 Å². The van der Waals surface area contributed by atoms with Gasteiger partial charge in [0.25, 0.3) is 0 Å². The Morgan fingerprint density at radius 3 is 1.86 bits per heavy atom. The smallest absolute Gasteiger partial charge is 0.122 e. The average Bonchev–Trinajstić information content (AvgIpc) is 2.16. The molecule has 1 aromatic carbocycles. The van der Waals surface area contributed by atoms with Crippen LogP contribution in [-0.4, -0.2) is 14.2 Å². The molecule has 14 heavy (non-hydrogen) atoms. The maximum atomic E-state index is 5.19. The summed E-state index contributed by atoms with van der Waals surface area (Å²) < 4.78 is 10.4. The monoisotopic (exact) mass is 193 g/mol. The number of hydrogen-bond acceptors (Lipinski definition) is 2. The van der Waals surface area contributed by atoms with Crippen molar-refractivity contribution in [3.05, 3.63) is 29.7 Å². The summed E-state index contributed by atoms with van der Waals surface area (Å²) in [5, 5.41) is 0. The van der Waals surface area contributed by atoms with Gasteiger partial charge in [0.15, 0.2) is 0 Å². The van der Waals surface area contributed by atoms with Crippen molar-refractivity contribution < 1.29 is 9.47 Å². The van der Waals surface area contributed by atoms with E-state index in [9.17, 15) is 0 Å². The third kappa shape index (κ3) is 2.95. The molecule has 2 heteroatoms. The van der Waals surface area contributed by atoms with Crippen LogP contribution in [0.1, 0.15) is 19.4 Å². The summed E-state index contributed by atoms with van der Waals surface area (Å²) in [6.45, 7) is 4.23. The quantitative estimate of drug-likeness (QED) is 0.732. The summed E-state index contributed by atoms with van der Waals surface area (Å²) in [5.74, 6) is 3.07. The number of rotatable bonds is 4. The van der Waals surface area contributed by atoms with Gasteiger partial charge in [-0.25, -0.2) is 0 Å². The molecule has 1 rings (SSSR count). The first kappa shape index (κ1) is 10.9. The topological polar surface area (TPSA) is 18.5 Å². The average molecular weight is 193 g/mol. The molecule has 0 amide bonds. The van der Waals surface area contributed by atoms with Crippen LogP contribution in [0.3, 0.4) is 0 Å². The van der Waals surface area contributed by atoms with E-state index in [2.05, 4.69) is 13.8 Å². The van der Waals surface area contributed by atoms with E-state index in [1.54, 1.807) is 14.2 Å². The number of methoxy groups -OCH3 is 2. The molecule has 0 bridgehead atoms. The second-order valence-corrected chi connectivity index (χ2v) is 3.60. The fourth-order valence-electron chi connectivity index (χ4n) is 1.38. The SMILES string of the molecule is COc1cc(C[C](C)C)cc(OC)c1. The number of ether oxygens (including phenoxy) is 2. The molecule has 0 unspecified atom stereocenters. The Morgan fingerprint density at radius 1 is 1.00 bits per heavy atom. The standard InChI is InChI=1S/C12H17O2/c1-9(2)5-10-6-11(13-3)8-12(7-10)14-4/h6-8H,5H2,1-4H3. The normalized spacial score (nSPS) is 10.4. The van der Waals surface area contributed by atoms with Crippen LogP contribution in [0, 0.1) is 5.92 Å². The molecule has 0 atom stereocenters. The van der Waals surface area contributed by atoms with Gasteiger partial charge >= 0.3 is 0 Å². The van der Waals surface area contributed by atoms with Crippen LogP contribution < -0.4 is 9.47 Å². The predicted molar refractivity (Wildman–Crippen MR) is 57.8 cm³/mol. The molecule has 0 aromatic heterocycles. The second kappa shape index (κ2) is 4.89. The van der Waals surface area contributed by atoms with E-state index in [4.69, 9.17) is 9.47 Å². The maximum absolute atomic E-state index is 5.19. The molecule has 0 N–H and O–H groups in total. The molecule has 77 valence electrons. The first-order chi connectivity index (χ1) is 6.65. The summed E-state index contributed by atoms with van der Waals surface area (Å²) >= 11 is 0. The van der Waals surface area contributed by atoms with Crippen molar-refractivity contribution in [2.75, 3.05) is 14.2 Å². The number of benzene rings is 1. The molecular weight excluding hydrogens is 176 g/mol. The van der Waals surface area contributed by atoms with Crippen LogP contribution in [0.4, 0.5) is 0 Å². The molecule has 2 nitrogen and oxygen atoms in total. The lowest BCUT2D eigenvalue weighted by Gasteiger charge is -2.09. The Balaban J connectivity index is 2.92. The van der Waals surface area contributed by atoms with Gasteiger partial charge in [-0.15, -0.1) is 0 Å².